The van der Waals surface area contributed by atoms with E-state index in [0.29, 0.717) is 17.0 Å². The highest BCUT2D eigenvalue weighted by Gasteiger charge is 2.17. The van der Waals surface area contributed by atoms with Crippen molar-refractivity contribution in [2.24, 2.45) is 5.10 Å². The topological polar surface area (TPSA) is 106 Å². The zero-order valence-corrected chi connectivity index (χ0v) is 20.4. The Morgan fingerprint density at radius 3 is 2.34 bits per heavy atom. The number of hydrogen-bond donors (Lipinski definition) is 2. The van der Waals surface area contributed by atoms with Gasteiger partial charge >= 0.3 is 17.8 Å². The lowest BCUT2D eigenvalue weighted by Crippen LogP contribution is -2.33. The Labute approximate surface area is 207 Å². The largest absolute Gasteiger partial charge is 0.493 e. The standard InChI is InChI=1S/C26H24ClN3O5/c1-15-9-11-21(16(2)13-15)28-24(31)25(32)30-29-17(3)18-10-12-22(23(14-18)34-4)35-26(33)19-7-5-6-8-20(19)27/h5-14H,1-4H3,(H,28,31)(H,30,32). The summed E-state index contributed by atoms with van der Waals surface area (Å²) in [5.41, 5.74) is 5.88. The number of ether oxygens (including phenoxy) is 2. The minimum absolute atomic E-state index is 0.186. The molecule has 0 unspecified atom stereocenters. The molecule has 0 heterocycles. The van der Waals surface area contributed by atoms with E-state index < -0.39 is 17.8 Å². The van der Waals surface area contributed by atoms with Gasteiger partial charge in [0.25, 0.3) is 0 Å². The van der Waals surface area contributed by atoms with Crippen LogP contribution in [0.5, 0.6) is 11.5 Å². The fourth-order valence-corrected chi connectivity index (χ4v) is 3.35. The number of methoxy groups -OCH3 is 1. The molecule has 0 fully saturated rings. The summed E-state index contributed by atoms with van der Waals surface area (Å²) in [5.74, 6) is -1.93. The number of aryl methyl sites for hydroxylation is 2. The highest BCUT2D eigenvalue weighted by atomic mass is 35.5. The van der Waals surface area contributed by atoms with E-state index in [1.54, 1.807) is 49.4 Å². The molecule has 0 radical (unpaired) electrons. The van der Waals surface area contributed by atoms with Gasteiger partial charge in [-0.2, -0.15) is 5.10 Å². The van der Waals surface area contributed by atoms with Crippen LogP contribution >= 0.6 is 11.6 Å². The minimum Gasteiger partial charge on any atom is -0.493 e. The maximum atomic E-state index is 12.5. The molecular formula is C26H24ClN3O5. The number of amides is 2. The SMILES string of the molecule is COc1cc(C(C)=NNC(=O)C(=O)Nc2ccc(C)cc2C)ccc1OC(=O)c1ccccc1Cl. The highest BCUT2D eigenvalue weighted by molar-refractivity contribution is 6.39. The van der Waals surface area contributed by atoms with Gasteiger partial charge in [0.1, 0.15) is 0 Å². The Kier molecular flexibility index (Phi) is 8.22. The predicted octanol–water partition coefficient (Wildman–Crippen LogP) is 4.66. The van der Waals surface area contributed by atoms with Gasteiger partial charge in [-0.25, -0.2) is 10.2 Å². The number of halogens is 1. The van der Waals surface area contributed by atoms with E-state index >= 15 is 0 Å². The number of benzene rings is 3. The lowest BCUT2D eigenvalue weighted by atomic mass is 10.1. The average molecular weight is 494 g/mol. The average Bonchev–Trinajstić information content (AvgIpc) is 2.84. The molecule has 0 bridgehead atoms. The van der Waals surface area contributed by atoms with Gasteiger partial charge in [-0.15, -0.1) is 0 Å². The second kappa shape index (κ2) is 11.3. The first-order valence-electron chi connectivity index (χ1n) is 10.6. The van der Waals surface area contributed by atoms with Crippen LogP contribution in [-0.4, -0.2) is 30.6 Å². The van der Waals surface area contributed by atoms with E-state index in [2.05, 4.69) is 15.8 Å². The molecule has 0 aliphatic heterocycles. The van der Waals surface area contributed by atoms with Crippen LogP contribution in [-0.2, 0) is 9.59 Å². The van der Waals surface area contributed by atoms with Crippen LogP contribution < -0.4 is 20.2 Å². The molecule has 2 amide bonds. The van der Waals surface area contributed by atoms with Crippen LogP contribution in [0, 0.1) is 13.8 Å². The second-order valence-corrected chi connectivity index (χ2v) is 8.05. The molecule has 3 aromatic rings. The fourth-order valence-electron chi connectivity index (χ4n) is 3.14. The summed E-state index contributed by atoms with van der Waals surface area (Å²) < 4.78 is 10.8. The molecule has 0 saturated carbocycles. The summed E-state index contributed by atoms with van der Waals surface area (Å²) in [6.07, 6.45) is 0. The quantitative estimate of drug-likeness (QED) is 0.171. The van der Waals surface area contributed by atoms with Crippen molar-refractivity contribution in [3.63, 3.8) is 0 Å². The van der Waals surface area contributed by atoms with Crippen LogP contribution in [0.4, 0.5) is 5.69 Å². The normalized spacial score (nSPS) is 10.9. The van der Waals surface area contributed by atoms with Crippen molar-refractivity contribution >= 4 is 40.8 Å². The predicted molar refractivity (Wildman–Crippen MR) is 134 cm³/mol. The van der Waals surface area contributed by atoms with Crippen LogP contribution in [0.15, 0.2) is 65.8 Å². The second-order valence-electron chi connectivity index (χ2n) is 7.65. The summed E-state index contributed by atoms with van der Waals surface area (Å²) in [4.78, 5) is 36.9. The number of rotatable bonds is 6. The van der Waals surface area contributed by atoms with Gasteiger partial charge in [-0.05, 0) is 62.7 Å². The summed E-state index contributed by atoms with van der Waals surface area (Å²) in [7, 11) is 1.43. The number of carbonyl (C=O) groups excluding carboxylic acids is 3. The van der Waals surface area contributed by atoms with Crippen molar-refractivity contribution in [2.75, 3.05) is 12.4 Å². The van der Waals surface area contributed by atoms with Crippen LogP contribution in [0.1, 0.15) is 34.0 Å². The van der Waals surface area contributed by atoms with Gasteiger partial charge in [-0.3, -0.25) is 9.59 Å². The third-order valence-corrected chi connectivity index (χ3v) is 5.37. The third-order valence-electron chi connectivity index (χ3n) is 5.04. The van der Waals surface area contributed by atoms with Gasteiger partial charge in [0, 0.05) is 11.3 Å². The Morgan fingerprint density at radius 2 is 1.66 bits per heavy atom. The van der Waals surface area contributed by atoms with Gasteiger partial charge < -0.3 is 14.8 Å². The summed E-state index contributed by atoms with van der Waals surface area (Å²) >= 11 is 6.06. The fraction of sp³-hybridized carbons (Fsp3) is 0.154. The van der Waals surface area contributed by atoms with E-state index in [0.717, 1.165) is 11.1 Å². The number of anilines is 1. The van der Waals surface area contributed by atoms with Gasteiger partial charge in [0.15, 0.2) is 11.5 Å². The summed E-state index contributed by atoms with van der Waals surface area (Å²) in [6, 6.07) is 16.8. The molecule has 8 nitrogen and oxygen atoms in total. The molecule has 3 aromatic carbocycles. The van der Waals surface area contributed by atoms with Crippen LogP contribution in [0.25, 0.3) is 0 Å². The smallest absolute Gasteiger partial charge is 0.345 e. The molecule has 180 valence electrons. The van der Waals surface area contributed by atoms with Gasteiger partial charge in [0.05, 0.1) is 23.4 Å². The molecule has 0 aromatic heterocycles. The number of esters is 1. The molecule has 3 rings (SSSR count). The Balaban J connectivity index is 1.68. The minimum atomic E-state index is -0.915. The summed E-state index contributed by atoms with van der Waals surface area (Å²) in [6.45, 7) is 5.42. The van der Waals surface area contributed by atoms with E-state index in [1.807, 2.05) is 26.0 Å². The van der Waals surface area contributed by atoms with Crippen molar-refractivity contribution in [3.05, 3.63) is 87.9 Å². The Bertz CT molecular complexity index is 1320. The van der Waals surface area contributed by atoms with E-state index in [1.165, 1.54) is 13.2 Å². The van der Waals surface area contributed by atoms with Crippen molar-refractivity contribution in [1.82, 2.24) is 5.43 Å². The van der Waals surface area contributed by atoms with Gasteiger partial charge in [-0.1, -0.05) is 41.4 Å². The lowest BCUT2D eigenvalue weighted by Gasteiger charge is -2.12. The lowest BCUT2D eigenvalue weighted by molar-refractivity contribution is -0.136. The third kappa shape index (κ3) is 6.45. The Hall–Kier alpha value is -4.17. The molecule has 2 N–H and O–H groups in total. The zero-order valence-electron chi connectivity index (χ0n) is 19.6. The number of nitrogens with one attached hydrogen (secondary N) is 2. The maximum Gasteiger partial charge on any atom is 0.345 e. The molecule has 9 heteroatoms. The van der Waals surface area contributed by atoms with Crippen molar-refractivity contribution < 1.29 is 23.9 Å². The van der Waals surface area contributed by atoms with Gasteiger partial charge in [0.2, 0.25) is 0 Å². The molecule has 0 spiro atoms. The number of carbonyl (C=O) groups is 3. The molecule has 0 aliphatic carbocycles. The van der Waals surface area contributed by atoms with Crippen molar-refractivity contribution in [1.29, 1.82) is 0 Å². The first kappa shape index (κ1) is 25.5. The van der Waals surface area contributed by atoms with Crippen LogP contribution in [0.2, 0.25) is 5.02 Å². The molecule has 0 aliphatic rings. The summed E-state index contributed by atoms with van der Waals surface area (Å²) in [5, 5.41) is 6.83. The number of nitrogens with zero attached hydrogens (tertiary/aromatic N) is 1. The maximum absolute atomic E-state index is 12.5. The highest BCUT2D eigenvalue weighted by Crippen LogP contribution is 2.30. The Morgan fingerprint density at radius 1 is 0.914 bits per heavy atom. The van der Waals surface area contributed by atoms with E-state index in [-0.39, 0.29) is 22.1 Å². The first-order valence-corrected chi connectivity index (χ1v) is 11.0. The molecular weight excluding hydrogens is 470 g/mol. The number of hydrazone groups is 1. The molecule has 35 heavy (non-hydrogen) atoms. The monoisotopic (exact) mass is 493 g/mol. The molecule has 0 saturated heterocycles. The first-order chi connectivity index (χ1) is 16.7. The van der Waals surface area contributed by atoms with E-state index in [4.69, 9.17) is 21.1 Å². The van der Waals surface area contributed by atoms with E-state index in [9.17, 15) is 14.4 Å². The number of hydrogen-bond acceptors (Lipinski definition) is 6. The van der Waals surface area contributed by atoms with Crippen molar-refractivity contribution in [3.8, 4) is 11.5 Å². The molecule has 0 atom stereocenters. The zero-order chi connectivity index (χ0) is 25.5. The van der Waals surface area contributed by atoms with Crippen molar-refractivity contribution in [2.45, 2.75) is 20.8 Å². The van der Waals surface area contributed by atoms with Crippen LogP contribution in [0.3, 0.4) is 0 Å².